The van der Waals surface area contributed by atoms with E-state index in [1.165, 1.54) is 24.3 Å². The molecular weight excluding hydrogens is 396 g/mol. The van der Waals surface area contributed by atoms with Gasteiger partial charge in [0.2, 0.25) is 0 Å². The summed E-state index contributed by atoms with van der Waals surface area (Å²) in [6.45, 7) is 0. The number of nitrogens with one attached hydrogen (secondary N) is 2. The highest BCUT2D eigenvalue weighted by Gasteiger charge is 2.41. The van der Waals surface area contributed by atoms with Crippen LogP contribution in [0.15, 0.2) is 53.4 Å². The van der Waals surface area contributed by atoms with E-state index >= 15 is 0 Å². The Morgan fingerprint density at radius 1 is 1.04 bits per heavy atom. The van der Waals surface area contributed by atoms with Gasteiger partial charge < -0.3 is 5.32 Å². The lowest BCUT2D eigenvalue weighted by molar-refractivity contribution is -0.0563. The Balaban J connectivity index is 1.95. The molecule has 0 spiro atoms. The van der Waals surface area contributed by atoms with Crippen molar-refractivity contribution in [2.75, 3.05) is 5.32 Å². The van der Waals surface area contributed by atoms with Crippen LogP contribution in [-0.2, 0) is 0 Å². The molecule has 4 nitrogen and oxygen atoms in total. The first-order valence-electron chi connectivity index (χ1n) is 7.01. The Morgan fingerprint density at radius 2 is 1.65 bits per heavy atom. The largest absolute Gasteiger partial charge is 0.357 e. The van der Waals surface area contributed by atoms with Crippen molar-refractivity contribution in [3.05, 3.63) is 59.1 Å². The molecule has 0 aliphatic rings. The molecule has 26 heavy (non-hydrogen) atoms. The molecule has 2 aromatic rings. The number of imide groups is 1. The lowest BCUT2D eigenvalue weighted by Gasteiger charge is -2.14. The van der Waals surface area contributed by atoms with Gasteiger partial charge >= 0.3 is 17.7 Å². The molecule has 0 aromatic heterocycles. The molecule has 0 unspecified atom stereocenters. The van der Waals surface area contributed by atoms with Crippen molar-refractivity contribution in [2.45, 2.75) is 16.6 Å². The Hall–Kier alpha value is -2.26. The molecule has 0 aliphatic carbocycles. The third-order valence-electron chi connectivity index (χ3n) is 2.97. The van der Waals surface area contributed by atoms with Gasteiger partial charge in [0.25, 0.3) is 5.91 Å². The van der Waals surface area contributed by atoms with Gasteiger partial charge in [0.15, 0.2) is 0 Å². The van der Waals surface area contributed by atoms with Gasteiger partial charge in [-0.3, -0.25) is 10.1 Å². The van der Waals surface area contributed by atoms with Crippen LogP contribution >= 0.6 is 23.4 Å². The summed E-state index contributed by atoms with van der Waals surface area (Å²) < 4.78 is 50.3. The predicted octanol–water partition coefficient (Wildman–Crippen LogP) is 5.25. The maximum atomic E-state index is 13.0. The number of urea groups is 1. The number of halogens is 5. The zero-order valence-corrected chi connectivity index (χ0v) is 14.4. The summed E-state index contributed by atoms with van der Waals surface area (Å²) >= 11 is 5.56. The minimum absolute atomic E-state index is 0.102. The Kier molecular flexibility index (Phi) is 6.49. The van der Waals surface area contributed by atoms with Crippen LogP contribution in [0.25, 0.3) is 0 Å². The van der Waals surface area contributed by atoms with E-state index in [-0.39, 0.29) is 32.9 Å². The summed E-state index contributed by atoms with van der Waals surface area (Å²) in [6.07, 6.45) is -3.80. The summed E-state index contributed by atoms with van der Waals surface area (Å²) in [7, 11) is 0. The second-order valence-electron chi connectivity index (χ2n) is 4.88. The van der Waals surface area contributed by atoms with Gasteiger partial charge in [-0.05, 0) is 48.2 Å². The number of carbonyl (C=O) groups excluding carboxylic acids is 2. The van der Waals surface area contributed by atoms with E-state index in [9.17, 15) is 27.2 Å². The number of anilines is 1. The molecule has 2 N–H and O–H groups in total. The third kappa shape index (κ3) is 5.37. The minimum Gasteiger partial charge on any atom is -0.308 e. The van der Waals surface area contributed by atoms with Crippen molar-refractivity contribution in [1.29, 1.82) is 0 Å². The van der Waals surface area contributed by atoms with Gasteiger partial charge in [-0.25, -0.2) is 13.6 Å². The summed E-state index contributed by atoms with van der Waals surface area (Å²) in [6, 6.07) is 10.0. The first-order chi connectivity index (χ1) is 12.2. The first kappa shape index (κ1) is 20.1. The van der Waals surface area contributed by atoms with Gasteiger partial charge in [-0.15, -0.1) is 0 Å². The monoisotopic (exact) mass is 406 g/mol. The van der Waals surface area contributed by atoms with Crippen LogP contribution in [0.2, 0.25) is 5.02 Å². The third-order valence-corrected chi connectivity index (χ3v) is 4.25. The second-order valence-corrected chi connectivity index (χ2v) is 6.50. The average Bonchev–Trinajstić information content (AvgIpc) is 2.56. The van der Waals surface area contributed by atoms with E-state index in [0.29, 0.717) is 0 Å². The smallest absolute Gasteiger partial charge is 0.308 e. The number of hydrogen-bond acceptors (Lipinski definition) is 3. The highest BCUT2D eigenvalue weighted by Crippen LogP contribution is 2.40. The van der Waals surface area contributed by atoms with Crippen LogP contribution in [0.1, 0.15) is 10.4 Å². The number of hydrogen-bond donors (Lipinski definition) is 2. The number of alkyl halides is 4. The van der Waals surface area contributed by atoms with Crippen molar-refractivity contribution in [2.24, 2.45) is 0 Å². The zero-order chi connectivity index (χ0) is 19.3. The van der Waals surface area contributed by atoms with Crippen LogP contribution in [0.4, 0.5) is 28.0 Å². The van der Waals surface area contributed by atoms with Crippen molar-refractivity contribution in [3.8, 4) is 0 Å². The van der Waals surface area contributed by atoms with Gasteiger partial charge in [0.05, 0.1) is 10.6 Å². The van der Waals surface area contributed by atoms with Crippen LogP contribution in [0, 0.1) is 0 Å². The van der Waals surface area contributed by atoms with E-state index < -0.39 is 23.6 Å². The van der Waals surface area contributed by atoms with Crippen LogP contribution in [0.3, 0.4) is 0 Å². The highest BCUT2D eigenvalue weighted by atomic mass is 35.5. The van der Waals surface area contributed by atoms with Crippen LogP contribution < -0.4 is 10.6 Å². The van der Waals surface area contributed by atoms with E-state index in [1.54, 1.807) is 12.1 Å². The van der Waals surface area contributed by atoms with Gasteiger partial charge in [0, 0.05) is 10.6 Å². The lowest BCUT2D eigenvalue weighted by Crippen LogP contribution is -2.34. The van der Waals surface area contributed by atoms with Crippen molar-refractivity contribution in [3.63, 3.8) is 0 Å². The second kappa shape index (κ2) is 8.41. The molecule has 0 saturated heterocycles. The Morgan fingerprint density at radius 3 is 2.23 bits per heavy atom. The van der Waals surface area contributed by atoms with Gasteiger partial charge in [0.1, 0.15) is 0 Å². The van der Waals surface area contributed by atoms with E-state index in [0.717, 1.165) is 12.1 Å². The molecular formula is C16H11ClF4N2O2S. The van der Waals surface area contributed by atoms with Crippen molar-refractivity contribution >= 4 is 41.0 Å². The maximum absolute atomic E-state index is 13.0. The minimum atomic E-state index is -4.21. The van der Waals surface area contributed by atoms with E-state index in [4.69, 9.17) is 11.6 Å². The fourth-order valence-corrected chi connectivity index (χ4v) is 2.68. The SMILES string of the molecule is O=C(NC(=O)c1ccccc1Cl)Nc1ccc(SC(F)(F)C(F)F)cc1. The van der Waals surface area contributed by atoms with Crippen LogP contribution in [-0.4, -0.2) is 23.6 Å². The fourth-order valence-electron chi connectivity index (χ4n) is 1.79. The number of benzene rings is 2. The van der Waals surface area contributed by atoms with Crippen molar-refractivity contribution in [1.82, 2.24) is 5.32 Å². The molecule has 0 radical (unpaired) electrons. The molecule has 10 heteroatoms. The standard InChI is InChI=1S/C16H11ClF4N2O2S/c17-12-4-2-1-3-11(12)13(24)23-15(25)22-9-5-7-10(8-6-9)26-16(20,21)14(18)19/h1-8,14H,(H2,22,23,24,25). The van der Waals surface area contributed by atoms with Crippen molar-refractivity contribution < 1.29 is 27.2 Å². The molecule has 0 saturated carbocycles. The van der Waals surface area contributed by atoms with Crippen LogP contribution in [0.5, 0.6) is 0 Å². The molecule has 0 atom stereocenters. The summed E-state index contributed by atoms with van der Waals surface area (Å²) in [5.74, 6) is -0.725. The lowest BCUT2D eigenvalue weighted by atomic mass is 10.2. The molecule has 0 aliphatic heterocycles. The quantitative estimate of drug-likeness (QED) is 0.526. The summed E-state index contributed by atoms with van der Waals surface area (Å²) in [4.78, 5) is 23.6. The number of carbonyl (C=O) groups is 2. The topological polar surface area (TPSA) is 58.2 Å². The number of rotatable bonds is 5. The molecule has 0 fully saturated rings. The summed E-state index contributed by atoms with van der Waals surface area (Å²) in [5.41, 5.74) is 0.282. The van der Waals surface area contributed by atoms with E-state index in [2.05, 4.69) is 10.6 Å². The maximum Gasteiger partial charge on any atom is 0.357 e. The molecule has 0 heterocycles. The molecule has 2 rings (SSSR count). The predicted molar refractivity (Wildman–Crippen MR) is 91.2 cm³/mol. The molecule has 138 valence electrons. The molecule has 0 bridgehead atoms. The summed E-state index contributed by atoms with van der Waals surface area (Å²) in [5, 5.41) is 0.323. The molecule has 2 aromatic carbocycles. The molecule has 3 amide bonds. The Labute approximate surface area is 154 Å². The van der Waals surface area contributed by atoms with Gasteiger partial charge in [-0.1, -0.05) is 23.7 Å². The Bertz CT molecular complexity index is 803. The normalized spacial score (nSPS) is 11.3. The zero-order valence-electron chi connectivity index (χ0n) is 12.8. The van der Waals surface area contributed by atoms with E-state index in [1.807, 2.05) is 0 Å². The average molecular weight is 407 g/mol. The van der Waals surface area contributed by atoms with Gasteiger partial charge in [-0.2, -0.15) is 8.78 Å². The number of thioether (sulfide) groups is 1. The first-order valence-corrected chi connectivity index (χ1v) is 8.20. The fraction of sp³-hybridized carbons (Fsp3) is 0.125. The highest BCUT2D eigenvalue weighted by molar-refractivity contribution is 8.00. The number of amides is 3.